The van der Waals surface area contributed by atoms with E-state index in [4.69, 9.17) is 5.11 Å². The van der Waals surface area contributed by atoms with E-state index in [2.05, 4.69) is 5.53 Å². The summed E-state index contributed by atoms with van der Waals surface area (Å²) in [6.45, 7) is 0. The third-order valence-corrected chi connectivity index (χ3v) is 1.57. The first-order valence-electron chi connectivity index (χ1n) is 3.42. The van der Waals surface area contributed by atoms with Crippen LogP contribution in [0.25, 0.3) is 0 Å². The predicted octanol–water partition coefficient (Wildman–Crippen LogP) is 0.626. The number of hydrogen-bond acceptors (Lipinski definition) is 3. The molecule has 2 N–H and O–H groups in total. The Morgan fingerprint density at radius 2 is 2.33 bits per heavy atom. The molecule has 5 nitrogen and oxygen atoms in total. The molecule has 0 spiro atoms. The van der Waals surface area contributed by atoms with E-state index < -0.39 is 6.09 Å². The number of nitrogens with one attached hydrogen (secondary N) is 1. The zero-order valence-corrected chi connectivity index (χ0v) is 6.14. The zero-order chi connectivity index (χ0) is 8.55. The standard InChI is InChI=1S/C7H7N3O2/c11-7(12)10-5-6-3-1-2-4-9(6)8-10/h1-5,8H,(H,11,12). The van der Waals surface area contributed by atoms with Crippen LogP contribution in [0.5, 0.6) is 0 Å². The lowest BCUT2D eigenvalue weighted by molar-refractivity contribution is 0.121. The van der Waals surface area contributed by atoms with Crippen molar-refractivity contribution in [2.45, 2.75) is 0 Å². The molecule has 0 bridgehead atoms. The second kappa shape index (κ2) is 2.38. The molecule has 2 aliphatic rings. The number of fused-ring (bicyclic) bond motifs is 1. The van der Waals surface area contributed by atoms with E-state index >= 15 is 0 Å². The molecule has 2 rings (SSSR count). The molecule has 12 heavy (non-hydrogen) atoms. The Balaban J connectivity index is 2.23. The van der Waals surface area contributed by atoms with Gasteiger partial charge in [-0.05, 0) is 12.2 Å². The second-order valence-corrected chi connectivity index (χ2v) is 2.38. The van der Waals surface area contributed by atoms with Crippen LogP contribution in [0.4, 0.5) is 4.79 Å². The van der Waals surface area contributed by atoms with Crippen molar-refractivity contribution in [1.82, 2.24) is 15.6 Å². The molecule has 0 aromatic carbocycles. The first-order chi connectivity index (χ1) is 5.77. The van der Waals surface area contributed by atoms with Crippen LogP contribution in [-0.4, -0.2) is 21.2 Å². The van der Waals surface area contributed by atoms with Gasteiger partial charge in [0.25, 0.3) is 0 Å². The van der Waals surface area contributed by atoms with Crippen LogP contribution in [0.3, 0.4) is 0 Å². The van der Waals surface area contributed by atoms with Gasteiger partial charge in [0.1, 0.15) is 0 Å². The molecule has 0 unspecified atom stereocenters. The summed E-state index contributed by atoms with van der Waals surface area (Å²) in [4.78, 5) is 10.5. The Kier molecular flexibility index (Phi) is 1.38. The van der Waals surface area contributed by atoms with Gasteiger partial charge >= 0.3 is 6.09 Å². The fourth-order valence-electron chi connectivity index (χ4n) is 1.03. The Bertz CT molecular complexity index is 306. The van der Waals surface area contributed by atoms with Gasteiger partial charge < -0.3 is 5.11 Å². The van der Waals surface area contributed by atoms with Crippen LogP contribution in [0.15, 0.2) is 36.3 Å². The maximum absolute atomic E-state index is 10.5. The van der Waals surface area contributed by atoms with E-state index in [1.54, 1.807) is 11.2 Å². The van der Waals surface area contributed by atoms with Crippen molar-refractivity contribution in [2.75, 3.05) is 0 Å². The van der Waals surface area contributed by atoms with Crippen LogP contribution in [0.1, 0.15) is 0 Å². The van der Waals surface area contributed by atoms with Crippen LogP contribution in [-0.2, 0) is 0 Å². The Morgan fingerprint density at radius 1 is 1.50 bits per heavy atom. The van der Waals surface area contributed by atoms with Crippen molar-refractivity contribution in [3.63, 3.8) is 0 Å². The van der Waals surface area contributed by atoms with Crippen molar-refractivity contribution < 1.29 is 9.90 Å². The van der Waals surface area contributed by atoms with Gasteiger partial charge in [-0.2, -0.15) is 5.01 Å². The average molecular weight is 165 g/mol. The lowest BCUT2D eigenvalue weighted by atomic mass is 10.3. The number of nitrogens with zero attached hydrogens (tertiary/aromatic N) is 2. The molecule has 0 aromatic rings. The molecule has 0 fully saturated rings. The van der Waals surface area contributed by atoms with Gasteiger partial charge in [-0.3, -0.25) is 5.01 Å². The minimum absolute atomic E-state index is 0.805. The maximum atomic E-state index is 10.5. The minimum atomic E-state index is -1.03. The highest BCUT2D eigenvalue weighted by Gasteiger charge is 2.21. The van der Waals surface area contributed by atoms with Gasteiger partial charge in [-0.1, -0.05) is 6.08 Å². The lowest BCUT2D eigenvalue weighted by Gasteiger charge is -2.18. The number of allylic oxidation sites excluding steroid dienone is 3. The quantitative estimate of drug-likeness (QED) is 0.552. The van der Waals surface area contributed by atoms with Crippen molar-refractivity contribution in [3.8, 4) is 0 Å². The maximum Gasteiger partial charge on any atom is 0.427 e. The summed E-state index contributed by atoms with van der Waals surface area (Å²) in [6.07, 6.45) is 7.69. The van der Waals surface area contributed by atoms with E-state index in [9.17, 15) is 4.79 Å². The van der Waals surface area contributed by atoms with E-state index in [-0.39, 0.29) is 0 Å². The van der Waals surface area contributed by atoms with Crippen molar-refractivity contribution >= 4 is 6.09 Å². The first-order valence-corrected chi connectivity index (χ1v) is 3.42. The molecule has 1 amide bonds. The Morgan fingerprint density at radius 3 is 3.00 bits per heavy atom. The summed E-state index contributed by atoms with van der Waals surface area (Å²) < 4.78 is 0. The summed E-state index contributed by atoms with van der Waals surface area (Å²) in [7, 11) is 0. The lowest BCUT2D eigenvalue weighted by Crippen LogP contribution is -2.40. The van der Waals surface area contributed by atoms with E-state index in [1.807, 2.05) is 18.2 Å². The monoisotopic (exact) mass is 165 g/mol. The van der Waals surface area contributed by atoms with E-state index in [0.29, 0.717) is 0 Å². The number of carboxylic acid groups (broad SMARTS) is 1. The smallest absolute Gasteiger partial charge is 0.427 e. The number of hydrogen-bond donors (Lipinski definition) is 2. The van der Waals surface area contributed by atoms with Gasteiger partial charge in [-0.15, -0.1) is 5.53 Å². The summed E-state index contributed by atoms with van der Waals surface area (Å²) in [5.41, 5.74) is 3.43. The van der Waals surface area contributed by atoms with Crippen LogP contribution < -0.4 is 5.53 Å². The highest BCUT2D eigenvalue weighted by molar-refractivity contribution is 5.66. The number of amides is 1. The van der Waals surface area contributed by atoms with E-state index in [0.717, 1.165) is 10.7 Å². The molecule has 0 saturated carbocycles. The number of rotatable bonds is 0. The molecular weight excluding hydrogens is 158 g/mol. The summed E-state index contributed by atoms with van der Waals surface area (Å²) in [6, 6.07) is 0. The third-order valence-electron chi connectivity index (χ3n) is 1.57. The van der Waals surface area contributed by atoms with Crippen LogP contribution in [0.2, 0.25) is 0 Å². The average Bonchev–Trinajstić information content (AvgIpc) is 2.46. The zero-order valence-electron chi connectivity index (χ0n) is 6.14. The molecule has 0 aromatic heterocycles. The van der Waals surface area contributed by atoms with Gasteiger partial charge in [0.2, 0.25) is 0 Å². The van der Waals surface area contributed by atoms with Gasteiger partial charge in [0.15, 0.2) is 0 Å². The molecule has 2 aliphatic heterocycles. The molecule has 2 heterocycles. The third kappa shape index (κ3) is 0.960. The van der Waals surface area contributed by atoms with Gasteiger partial charge in [-0.25, -0.2) is 4.79 Å². The molecule has 0 radical (unpaired) electrons. The van der Waals surface area contributed by atoms with Crippen molar-refractivity contribution in [3.05, 3.63) is 36.3 Å². The van der Waals surface area contributed by atoms with Crippen LogP contribution in [0, 0.1) is 0 Å². The molecule has 5 heteroatoms. The van der Waals surface area contributed by atoms with Crippen molar-refractivity contribution in [2.24, 2.45) is 0 Å². The predicted molar refractivity (Wildman–Crippen MR) is 41.2 cm³/mol. The molecule has 0 saturated heterocycles. The highest BCUT2D eigenvalue weighted by atomic mass is 16.4. The van der Waals surface area contributed by atoms with Gasteiger partial charge in [0.05, 0.1) is 11.9 Å². The first kappa shape index (κ1) is 6.93. The highest BCUT2D eigenvalue weighted by Crippen LogP contribution is 2.15. The summed E-state index contributed by atoms with van der Waals surface area (Å²) in [5.74, 6) is 0. The molecular formula is C7H7N3O2. The Hall–Kier alpha value is -1.75. The topological polar surface area (TPSA) is 55.8 Å². The fraction of sp³-hybridized carbons (Fsp3) is 0. The van der Waals surface area contributed by atoms with E-state index in [1.165, 1.54) is 6.20 Å². The Labute approximate surface area is 68.8 Å². The van der Waals surface area contributed by atoms with Gasteiger partial charge in [0, 0.05) is 6.20 Å². The molecule has 0 aliphatic carbocycles. The molecule has 62 valence electrons. The largest absolute Gasteiger partial charge is 0.464 e. The normalized spacial score (nSPS) is 19.5. The number of carbonyl (C=O) groups is 1. The summed E-state index contributed by atoms with van der Waals surface area (Å²) >= 11 is 0. The van der Waals surface area contributed by atoms with Crippen molar-refractivity contribution in [1.29, 1.82) is 0 Å². The summed E-state index contributed by atoms with van der Waals surface area (Å²) in [5, 5.41) is 11.2. The van der Waals surface area contributed by atoms with Crippen LogP contribution >= 0.6 is 0 Å². The second-order valence-electron chi connectivity index (χ2n) is 2.38. The SMILES string of the molecule is O=C(O)N1C=C2C=CC=CN2N1. The number of hydrazine groups is 2. The molecule has 0 atom stereocenters. The minimum Gasteiger partial charge on any atom is -0.464 e. The fourth-order valence-corrected chi connectivity index (χ4v) is 1.03.